The highest BCUT2D eigenvalue weighted by Gasteiger charge is 2.51. The molecule has 3 aromatic rings. The minimum atomic E-state index is -1.32. The predicted molar refractivity (Wildman–Crippen MR) is 149 cm³/mol. The first-order valence-corrected chi connectivity index (χ1v) is 14.0. The number of benzene rings is 2. The molecule has 0 radical (unpaired) electrons. The summed E-state index contributed by atoms with van der Waals surface area (Å²) in [6.45, 7) is 4.48. The first kappa shape index (κ1) is 27.8. The van der Waals surface area contributed by atoms with Crippen molar-refractivity contribution in [3.05, 3.63) is 75.1 Å². The summed E-state index contributed by atoms with van der Waals surface area (Å²) in [5, 5.41) is 14.0. The van der Waals surface area contributed by atoms with Crippen molar-refractivity contribution in [2.75, 3.05) is 19.6 Å². The van der Waals surface area contributed by atoms with E-state index in [0.29, 0.717) is 35.0 Å². The number of carbonyl (C=O) groups is 2. The van der Waals surface area contributed by atoms with Gasteiger partial charge in [0.2, 0.25) is 5.91 Å². The summed E-state index contributed by atoms with van der Waals surface area (Å²) in [5.74, 6) is -2.68. The number of fused-ring (bicyclic) bond motifs is 1. The van der Waals surface area contributed by atoms with Crippen LogP contribution in [-0.4, -0.2) is 68.5 Å². The Morgan fingerprint density at radius 1 is 1.05 bits per heavy atom. The Morgan fingerprint density at radius 3 is 2.48 bits per heavy atom. The van der Waals surface area contributed by atoms with Gasteiger partial charge in [0.25, 0.3) is 5.56 Å². The van der Waals surface area contributed by atoms with Crippen molar-refractivity contribution >= 4 is 22.6 Å². The van der Waals surface area contributed by atoms with Crippen molar-refractivity contribution in [1.82, 2.24) is 14.5 Å². The lowest BCUT2D eigenvalue weighted by Gasteiger charge is -2.52. The Bertz CT molecular complexity index is 1560. The van der Waals surface area contributed by atoms with E-state index in [2.05, 4.69) is 5.32 Å². The second-order valence-corrected chi connectivity index (χ2v) is 11.3. The summed E-state index contributed by atoms with van der Waals surface area (Å²) in [6.07, 6.45) is 3.59. The van der Waals surface area contributed by atoms with Crippen LogP contribution >= 0.6 is 0 Å². The van der Waals surface area contributed by atoms with Crippen LogP contribution in [0.5, 0.6) is 0 Å². The number of aliphatic carboxylic acids is 1. The van der Waals surface area contributed by atoms with Gasteiger partial charge in [0, 0.05) is 37.5 Å². The Kier molecular flexibility index (Phi) is 7.63. The maximum absolute atomic E-state index is 15.2. The van der Waals surface area contributed by atoms with E-state index in [1.165, 1.54) is 16.8 Å². The number of rotatable bonds is 6. The van der Waals surface area contributed by atoms with Crippen LogP contribution in [0.15, 0.2) is 58.3 Å². The number of carboxylic acids is 1. The number of quaternary nitrogens is 1. The third-order valence-electron chi connectivity index (χ3n) is 9.06. The van der Waals surface area contributed by atoms with Gasteiger partial charge in [0.15, 0.2) is 0 Å². The number of alkyl halides is 1. The molecule has 10 heteroatoms. The summed E-state index contributed by atoms with van der Waals surface area (Å²) in [7, 11) is 1.55. The molecule has 0 bridgehead atoms. The van der Waals surface area contributed by atoms with Crippen molar-refractivity contribution in [3.63, 3.8) is 0 Å². The van der Waals surface area contributed by atoms with Crippen LogP contribution in [-0.2, 0) is 23.1 Å². The van der Waals surface area contributed by atoms with E-state index in [9.17, 15) is 24.3 Å². The van der Waals surface area contributed by atoms with Gasteiger partial charge >= 0.3 is 11.7 Å². The number of amides is 1. The first-order valence-electron chi connectivity index (χ1n) is 14.0. The summed E-state index contributed by atoms with van der Waals surface area (Å²) >= 11 is 0. The van der Waals surface area contributed by atoms with Gasteiger partial charge in [-0.05, 0) is 43.2 Å². The van der Waals surface area contributed by atoms with Gasteiger partial charge in [-0.25, -0.2) is 18.5 Å². The fourth-order valence-corrected chi connectivity index (χ4v) is 6.77. The number of carbonyl (C=O) groups excluding carboxylic acids is 1. The topological polar surface area (TPSA) is 110 Å². The lowest BCUT2D eigenvalue weighted by atomic mass is 9.83. The molecule has 1 amide bonds. The maximum atomic E-state index is 15.2. The van der Waals surface area contributed by atoms with E-state index in [-0.39, 0.29) is 12.5 Å². The third kappa shape index (κ3) is 4.96. The quantitative estimate of drug-likeness (QED) is 0.458. The number of halogens is 1. The summed E-state index contributed by atoms with van der Waals surface area (Å²) < 4.78 is 18.3. The van der Waals surface area contributed by atoms with Crippen LogP contribution in [0.3, 0.4) is 0 Å². The molecule has 2 N–H and O–H groups in total. The van der Waals surface area contributed by atoms with Crippen LogP contribution in [0.4, 0.5) is 4.39 Å². The number of carboxylic acid groups (broad SMARTS) is 1. The molecule has 3 unspecified atom stereocenters. The van der Waals surface area contributed by atoms with Crippen LogP contribution < -0.4 is 16.6 Å². The molecule has 2 aliphatic heterocycles. The van der Waals surface area contributed by atoms with Crippen molar-refractivity contribution in [1.29, 1.82) is 0 Å². The van der Waals surface area contributed by atoms with Gasteiger partial charge < -0.3 is 19.5 Å². The zero-order valence-corrected chi connectivity index (χ0v) is 22.9. The highest BCUT2D eigenvalue weighted by atomic mass is 19.1. The smallest absolute Gasteiger partial charge is 0.335 e. The zero-order valence-electron chi connectivity index (χ0n) is 22.9. The molecular formula is C30H36FN4O5+. The van der Waals surface area contributed by atoms with Crippen molar-refractivity contribution in [3.8, 4) is 5.69 Å². The zero-order chi connectivity index (χ0) is 28.6. The molecule has 1 spiro atoms. The SMILES string of the molecule is CC1C(C(=O)N[C@@H](Cc2cccc3c(-n4c(=O)ccn(C)c4=O)cccc23)C(=O)O)C(F)CC[N+]12CCCCC2. The molecule has 2 saturated heterocycles. The predicted octanol–water partition coefficient (Wildman–Crippen LogP) is 2.55. The Hall–Kier alpha value is -3.79. The minimum absolute atomic E-state index is 0.0401. The summed E-state index contributed by atoms with van der Waals surface area (Å²) in [4.78, 5) is 51.2. The largest absolute Gasteiger partial charge is 0.480 e. The number of aryl methyl sites for hydroxylation is 1. The van der Waals surface area contributed by atoms with Crippen molar-refractivity contribution < 1.29 is 23.6 Å². The number of aromatic nitrogens is 2. The lowest BCUT2D eigenvalue weighted by Crippen LogP contribution is -2.67. The second-order valence-electron chi connectivity index (χ2n) is 11.3. The number of hydrogen-bond acceptors (Lipinski definition) is 4. The monoisotopic (exact) mass is 551 g/mol. The van der Waals surface area contributed by atoms with E-state index in [1.54, 1.807) is 43.4 Å². The molecule has 40 heavy (non-hydrogen) atoms. The number of hydrogen-bond donors (Lipinski definition) is 2. The first-order chi connectivity index (χ1) is 19.1. The van der Waals surface area contributed by atoms with Crippen LogP contribution in [0.1, 0.15) is 38.2 Å². The standard InChI is InChI=1S/C30H35FN4O5/c1-19-27(23(31)13-17-35(19)15-4-3-5-16-35)28(37)32-24(29(38)39)18-20-8-6-10-22-21(20)9-7-11-25(22)34-26(36)12-14-33(2)30(34)40/h6-12,14,19,23-24,27H,3-5,13,15-18H2,1-2H3,(H-,32,37,38,39)/p+1/t19?,23?,24-,27?/m0/s1. The minimum Gasteiger partial charge on any atom is -0.480 e. The number of nitrogens with one attached hydrogen (secondary N) is 1. The van der Waals surface area contributed by atoms with E-state index < -0.39 is 41.3 Å². The van der Waals surface area contributed by atoms with Crippen LogP contribution in [0.2, 0.25) is 0 Å². The molecule has 4 atom stereocenters. The van der Waals surface area contributed by atoms with E-state index >= 15 is 4.39 Å². The van der Waals surface area contributed by atoms with E-state index in [4.69, 9.17) is 0 Å². The Balaban J connectivity index is 1.44. The van der Waals surface area contributed by atoms with Crippen molar-refractivity contribution in [2.45, 2.75) is 57.3 Å². The Labute approximate surface area is 231 Å². The van der Waals surface area contributed by atoms with Gasteiger partial charge in [-0.1, -0.05) is 30.3 Å². The molecule has 0 saturated carbocycles. The Morgan fingerprint density at radius 2 is 1.75 bits per heavy atom. The molecule has 1 aromatic heterocycles. The molecule has 2 aliphatic rings. The average Bonchev–Trinajstić information content (AvgIpc) is 2.94. The van der Waals surface area contributed by atoms with Gasteiger partial charge in [-0.2, -0.15) is 0 Å². The molecule has 5 rings (SSSR count). The van der Waals surface area contributed by atoms with Gasteiger partial charge in [-0.3, -0.25) is 9.59 Å². The molecule has 9 nitrogen and oxygen atoms in total. The molecular weight excluding hydrogens is 515 g/mol. The highest BCUT2D eigenvalue weighted by Crippen LogP contribution is 2.36. The highest BCUT2D eigenvalue weighted by molar-refractivity contribution is 5.93. The third-order valence-corrected chi connectivity index (χ3v) is 9.06. The number of piperidine rings is 2. The lowest BCUT2D eigenvalue weighted by molar-refractivity contribution is -0.961. The molecule has 0 aliphatic carbocycles. The number of nitrogens with zero attached hydrogens (tertiary/aromatic N) is 3. The van der Waals surface area contributed by atoms with Crippen LogP contribution in [0.25, 0.3) is 16.5 Å². The average molecular weight is 552 g/mol. The summed E-state index contributed by atoms with van der Waals surface area (Å²) in [5.41, 5.74) is 0.0278. The van der Waals surface area contributed by atoms with Gasteiger partial charge in [-0.15, -0.1) is 0 Å². The van der Waals surface area contributed by atoms with Gasteiger partial charge in [0.1, 0.15) is 24.2 Å². The molecule has 3 heterocycles. The molecule has 2 aromatic carbocycles. The van der Waals surface area contributed by atoms with Gasteiger partial charge in [0.05, 0.1) is 25.3 Å². The van der Waals surface area contributed by atoms with E-state index in [1.807, 2.05) is 6.92 Å². The summed E-state index contributed by atoms with van der Waals surface area (Å²) in [6, 6.07) is 10.2. The molecule has 2 fully saturated rings. The normalized spacial score (nSPS) is 23.1. The van der Waals surface area contributed by atoms with Crippen LogP contribution in [0, 0.1) is 5.92 Å². The maximum Gasteiger partial charge on any atom is 0.335 e. The second kappa shape index (κ2) is 11.0. The fourth-order valence-electron chi connectivity index (χ4n) is 6.77. The fraction of sp³-hybridized carbons (Fsp3) is 0.467. The van der Waals surface area contributed by atoms with Crippen molar-refractivity contribution in [2.24, 2.45) is 13.0 Å². The van der Waals surface area contributed by atoms with E-state index in [0.717, 1.165) is 41.4 Å². The molecule has 212 valence electrons.